The van der Waals surface area contributed by atoms with Gasteiger partial charge >= 0.3 is 6.18 Å². The average Bonchev–Trinajstić information content (AvgIpc) is 3.26. The lowest BCUT2D eigenvalue weighted by atomic mass is 9.86. The molecule has 1 N–H and O–H groups in total. The highest BCUT2D eigenvalue weighted by atomic mass is 32.2. The van der Waals surface area contributed by atoms with Gasteiger partial charge in [0.05, 0.1) is 24.5 Å². The predicted molar refractivity (Wildman–Crippen MR) is 123 cm³/mol. The van der Waals surface area contributed by atoms with E-state index in [0.29, 0.717) is 4.90 Å². The number of ether oxygens (including phenoxy) is 3. The molecule has 4 unspecified atom stereocenters. The number of hydrogen-bond acceptors (Lipinski definition) is 8. The highest BCUT2D eigenvalue weighted by Gasteiger charge is 2.49. The molecule has 2 fully saturated rings. The van der Waals surface area contributed by atoms with Gasteiger partial charge in [-0.15, -0.1) is 11.8 Å². The number of benzene rings is 1. The van der Waals surface area contributed by atoms with E-state index in [4.69, 9.17) is 14.2 Å². The van der Waals surface area contributed by atoms with E-state index >= 15 is 0 Å². The highest BCUT2D eigenvalue weighted by Crippen LogP contribution is 2.42. The van der Waals surface area contributed by atoms with Gasteiger partial charge in [-0.05, 0) is 19.2 Å². The number of aryl methyl sites for hydroxylation is 1. The summed E-state index contributed by atoms with van der Waals surface area (Å²) in [6.45, 7) is 3.57. The summed E-state index contributed by atoms with van der Waals surface area (Å²) >= 11 is 1.25. The lowest BCUT2D eigenvalue weighted by molar-refractivity contribution is -0.319. The number of hydrogen-bond donors (Lipinski definition) is 1. The summed E-state index contributed by atoms with van der Waals surface area (Å²) in [5, 5.41) is 15.5. The van der Waals surface area contributed by atoms with Crippen molar-refractivity contribution < 1.29 is 32.5 Å². The molecule has 0 amide bonds. The van der Waals surface area contributed by atoms with Crippen molar-refractivity contribution in [1.82, 2.24) is 19.7 Å². The highest BCUT2D eigenvalue weighted by molar-refractivity contribution is 7.98. The molecule has 12 heteroatoms. The second-order valence-corrected chi connectivity index (χ2v) is 9.67. The van der Waals surface area contributed by atoms with Crippen LogP contribution in [0, 0.1) is 12.8 Å². The molecule has 2 aromatic heterocycles. The van der Waals surface area contributed by atoms with Crippen molar-refractivity contribution in [3.63, 3.8) is 0 Å². The predicted octanol–water partition coefficient (Wildman–Crippen LogP) is 4.26. The minimum absolute atomic E-state index is 0.0565. The van der Waals surface area contributed by atoms with Crippen LogP contribution >= 0.6 is 11.8 Å². The van der Waals surface area contributed by atoms with Gasteiger partial charge in [0.25, 0.3) is 0 Å². The third kappa shape index (κ3) is 4.63. The van der Waals surface area contributed by atoms with Gasteiger partial charge in [0.1, 0.15) is 18.0 Å². The lowest BCUT2D eigenvalue weighted by Gasteiger charge is -2.47. The first-order chi connectivity index (χ1) is 17.2. The number of aliphatic hydroxyl groups excluding tert-OH is 1. The fourth-order valence-electron chi connectivity index (χ4n) is 4.58. The van der Waals surface area contributed by atoms with Crippen molar-refractivity contribution >= 4 is 11.8 Å². The van der Waals surface area contributed by atoms with E-state index in [9.17, 15) is 18.3 Å². The summed E-state index contributed by atoms with van der Waals surface area (Å²) in [5.74, 6) is -0.133. The van der Waals surface area contributed by atoms with Crippen LogP contribution in [0.15, 0.2) is 47.5 Å². The SMILES string of the molecule is CSc1cnc(C(F)(F)F)c(-n2nc(C)nc2[C@@H]2OC3COC(c4ccccc4)O[C@@H]3C(C)C2O)c1. The van der Waals surface area contributed by atoms with Crippen LogP contribution in [0.1, 0.15) is 42.2 Å². The van der Waals surface area contributed by atoms with Crippen LogP contribution in [0.5, 0.6) is 0 Å². The summed E-state index contributed by atoms with van der Waals surface area (Å²) < 4.78 is 60.8. The molecule has 6 atom stereocenters. The number of fused-ring (bicyclic) bond motifs is 1. The van der Waals surface area contributed by atoms with Crippen molar-refractivity contribution in [2.75, 3.05) is 12.9 Å². The molecule has 5 rings (SSSR count). The lowest BCUT2D eigenvalue weighted by Crippen LogP contribution is -2.55. The molecule has 0 bridgehead atoms. The molecule has 0 radical (unpaired) electrons. The minimum Gasteiger partial charge on any atom is -0.390 e. The monoisotopic (exact) mass is 522 g/mol. The van der Waals surface area contributed by atoms with Crippen LogP contribution in [0.4, 0.5) is 13.2 Å². The van der Waals surface area contributed by atoms with Crippen molar-refractivity contribution in [2.45, 2.75) is 55.6 Å². The minimum atomic E-state index is -4.72. The Hall–Kier alpha value is -2.51. The molecule has 2 saturated heterocycles. The fraction of sp³-hybridized carbons (Fsp3) is 0.458. The average molecular weight is 523 g/mol. The van der Waals surface area contributed by atoms with Crippen LogP contribution in [-0.4, -0.2) is 56.0 Å². The van der Waals surface area contributed by atoms with Gasteiger partial charge in [-0.3, -0.25) is 0 Å². The molecule has 3 aromatic rings. The number of alkyl halides is 3. The second-order valence-electron chi connectivity index (χ2n) is 8.79. The van der Waals surface area contributed by atoms with E-state index in [1.165, 1.54) is 24.0 Å². The first kappa shape index (κ1) is 25.2. The van der Waals surface area contributed by atoms with Crippen LogP contribution in [0.3, 0.4) is 0 Å². The van der Waals surface area contributed by atoms with Gasteiger partial charge in [0.15, 0.2) is 17.8 Å². The Morgan fingerprint density at radius 3 is 2.61 bits per heavy atom. The van der Waals surface area contributed by atoms with E-state index in [1.54, 1.807) is 13.2 Å². The number of rotatable bonds is 4. The van der Waals surface area contributed by atoms with Crippen LogP contribution in [-0.2, 0) is 20.4 Å². The number of pyridine rings is 1. The summed E-state index contributed by atoms with van der Waals surface area (Å²) in [6.07, 6.45) is -5.64. The Kier molecular flexibility index (Phi) is 6.81. The molecule has 0 aliphatic carbocycles. The van der Waals surface area contributed by atoms with Crippen LogP contribution < -0.4 is 0 Å². The van der Waals surface area contributed by atoms with Gasteiger partial charge in [0, 0.05) is 22.6 Å². The van der Waals surface area contributed by atoms with Gasteiger partial charge < -0.3 is 19.3 Å². The number of nitrogens with zero attached hydrogens (tertiary/aromatic N) is 4. The molecule has 2 aliphatic heterocycles. The molecule has 2 aliphatic rings. The Balaban J connectivity index is 1.48. The van der Waals surface area contributed by atoms with Crippen LogP contribution in [0.2, 0.25) is 0 Å². The second kappa shape index (κ2) is 9.75. The number of aromatic nitrogens is 4. The van der Waals surface area contributed by atoms with Gasteiger partial charge in [0.2, 0.25) is 0 Å². The fourth-order valence-corrected chi connectivity index (χ4v) is 4.97. The zero-order chi connectivity index (χ0) is 25.6. The third-order valence-corrected chi connectivity index (χ3v) is 7.08. The zero-order valence-electron chi connectivity index (χ0n) is 19.7. The molecular formula is C24H25F3N4O4S. The molecular weight excluding hydrogens is 497 g/mol. The van der Waals surface area contributed by atoms with Crippen molar-refractivity contribution in [3.05, 3.63) is 65.5 Å². The van der Waals surface area contributed by atoms with Crippen LogP contribution in [0.25, 0.3) is 5.69 Å². The molecule has 0 spiro atoms. The Bertz CT molecular complexity index is 1220. The third-order valence-electron chi connectivity index (χ3n) is 6.39. The van der Waals surface area contributed by atoms with Gasteiger partial charge in [-0.1, -0.05) is 37.3 Å². The molecule has 4 heterocycles. The Morgan fingerprint density at radius 2 is 1.92 bits per heavy atom. The molecule has 36 heavy (non-hydrogen) atoms. The number of thioether (sulfide) groups is 1. The Morgan fingerprint density at radius 1 is 1.17 bits per heavy atom. The number of aliphatic hydroxyl groups is 1. The smallest absolute Gasteiger partial charge is 0.390 e. The summed E-state index contributed by atoms with van der Waals surface area (Å²) in [7, 11) is 0. The number of halogens is 3. The van der Waals surface area contributed by atoms with Crippen molar-refractivity contribution in [2.24, 2.45) is 5.92 Å². The van der Waals surface area contributed by atoms with E-state index in [0.717, 1.165) is 10.2 Å². The van der Waals surface area contributed by atoms with Crippen molar-refractivity contribution in [3.8, 4) is 5.69 Å². The standard InChI is InChI=1S/C24H25F3N4O4S/c1-12-18(32)20(34-17-11-33-23(35-19(12)17)14-7-5-4-6-8-14)22-29-13(2)30-31(22)16-9-15(36-3)10-28-21(16)24(25,26)27/h4-10,12,17-20,23,32H,11H2,1-3H3/t12?,17?,18?,19-,20-,23?/m1/s1. The van der Waals surface area contributed by atoms with Gasteiger partial charge in [-0.25, -0.2) is 14.6 Å². The first-order valence-electron chi connectivity index (χ1n) is 11.4. The maximum absolute atomic E-state index is 13.8. The van der Waals surface area contributed by atoms with E-state index < -0.39 is 48.5 Å². The molecule has 8 nitrogen and oxygen atoms in total. The molecule has 1 aromatic carbocycles. The van der Waals surface area contributed by atoms with Gasteiger partial charge in [-0.2, -0.15) is 18.3 Å². The molecule has 192 valence electrons. The quantitative estimate of drug-likeness (QED) is 0.509. The maximum Gasteiger partial charge on any atom is 0.435 e. The largest absolute Gasteiger partial charge is 0.435 e. The topological polar surface area (TPSA) is 91.5 Å². The summed E-state index contributed by atoms with van der Waals surface area (Å²) in [6, 6.07) is 10.8. The van der Waals surface area contributed by atoms with E-state index in [2.05, 4.69) is 15.1 Å². The van der Waals surface area contributed by atoms with E-state index in [1.807, 2.05) is 37.3 Å². The summed E-state index contributed by atoms with van der Waals surface area (Å²) in [5.41, 5.74) is -0.537. The zero-order valence-corrected chi connectivity index (χ0v) is 20.5. The summed E-state index contributed by atoms with van der Waals surface area (Å²) in [4.78, 5) is 8.53. The van der Waals surface area contributed by atoms with E-state index in [-0.39, 0.29) is 23.9 Å². The Labute approximate surface area is 209 Å². The van der Waals surface area contributed by atoms with Crippen molar-refractivity contribution in [1.29, 1.82) is 0 Å². The normalized spacial score (nSPS) is 28.6. The first-order valence-corrected chi connectivity index (χ1v) is 12.6. The molecule has 0 saturated carbocycles. The maximum atomic E-state index is 13.8.